The summed E-state index contributed by atoms with van der Waals surface area (Å²) in [6, 6.07) is 0. The van der Waals surface area contributed by atoms with Gasteiger partial charge in [0.05, 0.1) is 7.85 Å². The van der Waals surface area contributed by atoms with Gasteiger partial charge in [0.25, 0.3) is 0 Å². The highest BCUT2D eigenvalue weighted by Crippen LogP contribution is 2.06. The van der Waals surface area contributed by atoms with Crippen LogP contribution in [-0.4, -0.2) is 24.5 Å². The summed E-state index contributed by atoms with van der Waals surface area (Å²) in [4.78, 5) is 10.2. The largest absolute Gasteiger partial charge is 0.480 e. The maximum Gasteiger partial charge on any atom is 0.323 e. The van der Waals surface area contributed by atoms with Gasteiger partial charge in [-0.25, -0.2) is 0 Å². The van der Waals surface area contributed by atoms with Crippen LogP contribution in [-0.2, 0) is 4.79 Å². The predicted molar refractivity (Wildman–Crippen MR) is 35.4 cm³/mol. The van der Waals surface area contributed by atoms with Crippen molar-refractivity contribution in [2.45, 2.75) is 25.2 Å². The Bertz CT molecular complexity index is 114. The van der Waals surface area contributed by atoms with Crippen molar-refractivity contribution in [3.05, 3.63) is 0 Å². The molecule has 0 aliphatic heterocycles. The molecule has 0 aromatic rings. The fourth-order valence-electron chi connectivity index (χ4n) is 0.407. The van der Waals surface area contributed by atoms with Crippen LogP contribution in [0, 0.1) is 0 Å². The van der Waals surface area contributed by atoms with E-state index in [9.17, 15) is 4.79 Å². The lowest BCUT2D eigenvalue weighted by atomic mass is 9.89. The standard InChI is InChI=1S/C5H10BNO2/c1-5(7,2-3-6)4(8)9/h2-3,7H2,1H3,(H,8,9). The summed E-state index contributed by atoms with van der Waals surface area (Å²) in [6.07, 6.45) is 0.613. The summed E-state index contributed by atoms with van der Waals surface area (Å²) >= 11 is 0. The van der Waals surface area contributed by atoms with E-state index in [2.05, 4.69) is 0 Å². The molecule has 0 rings (SSSR count). The van der Waals surface area contributed by atoms with Crippen LogP contribution in [0.3, 0.4) is 0 Å². The topological polar surface area (TPSA) is 63.3 Å². The molecule has 0 amide bonds. The van der Waals surface area contributed by atoms with E-state index in [0.717, 1.165) is 0 Å². The van der Waals surface area contributed by atoms with Crippen LogP contribution in [0.25, 0.3) is 0 Å². The Morgan fingerprint density at radius 3 is 2.44 bits per heavy atom. The first kappa shape index (κ1) is 8.49. The number of aliphatic carboxylic acids is 1. The molecule has 0 heterocycles. The van der Waals surface area contributed by atoms with Gasteiger partial charge in [-0.1, -0.05) is 6.32 Å². The number of carbonyl (C=O) groups is 1. The second-order valence-corrected chi connectivity index (χ2v) is 2.26. The molecule has 0 aliphatic rings. The molecule has 0 aromatic heterocycles. The Labute approximate surface area is 55.6 Å². The highest BCUT2D eigenvalue weighted by molar-refractivity contribution is 6.08. The monoisotopic (exact) mass is 127 g/mol. The Morgan fingerprint density at radius 2 is 2.33 bits per heavy atom. The maximum atomic E-state index is 10.2. The van der Waals surface area contributed by atoms with Gasteiger partial charge in [-0.15, -0.1) is 0 Å². The zero-order valence-corrected chi connectivity index (χ0v) is 5.42. The average Bonchev–Trinajstić information content (AvgIpc) is 1.65. The molecule has 0 saturated heterocycles. The Morgan fingerprint density at radius 1 is 1.89 bits per heavy atom. The number of hydrogen-bond acceptors (Lipinski definition) is 2. The fourth-order valence-corrected chi connectivity index (χ4v) is 0.407. The van der Waals surface area contributed by atoms with E-state index < -0.39 is 11.5 Å². The van der Waals surface area contributed by atoms with E-state index in [0.29, 0.717) is 12.7 Å². The minimum Gasteiger partial charge on any atom is -0.480 e. The van der Waals surface area contributed by atoms with Crippen molar-refractivity contribution in [2.24, 2.45) is 5.73 Å². The molecule has 0 fully saturated rings. The summed E-state index contributed by atoms with van der Waals surface area (Å²) in [6.45, 7) is 1.45. The van der Waals surface area contributed by atoms with E-state index in [1.807, 2.05) is 0 Å². The molecule has 0 aliphatic carbocycles. The molecule has 0 saturated carbocycles. The van der Waals surface area contributed by atoms with Gasteiger partial charge in [-0.05, 0) is 13.3 Å². The minimum atomic E-state index is -1.16. The fraction of sp³-hybridized carbons (Fsp3) is 0.800. The Balaban J connectivity index is 3.85. The van der Waals surface area contributed by atoms with Gasteiger partial charge in [-0.2, -0.15) is 0 Å². The van der Waals surface area contributed by atoms with Crippen LogP contribution in [0.4, 0.5) is 0 Å². The maximum absolute atomic E-state index is 10.2. The SMILES string of the molecule is [B]CCC(C)(N)C(=O)O. The van der Waals surface area contributed by atoms with Crippen molar-refractivity contribution in [1.82, 2.24) is 0 Å². The van der Waals surface area contributed by atoms with Crippen LogP contribution in [0.2, 0.25) is 6.32 Å². The van der Waals surface area contributed by atoms with Crippen LogP contribution >= 0.6 is 0 Å². The third kappa shape index (κ3) is 2.51. The lowest BCUT2D eigenvalue weighted by Crippen LogP contribution is -2.44. The number of carboxylic acid groups (broad SMARTS) is 1. The van der Waals surface area contributed by atoms with E-state index in [1.165, 1.54) is 6.92 Å². The van der Waals surface area contributed by atoms with Crippen molar-refractivity contribution < 1.29 is 9.90 Å². The lowest BCUT2D eigenvalue weighted by molar-refractivity contribution is -0.142. The van der Waals surface area contributed by atoms with Crippen LogP contribution in [0.5, 0.6) is 0 Å². The first-order valence-corrected chi connectivity index (χ1v) is 2.73. The van der Waals surface area contributed by atoms with Gasteiger partial charge in [0.2, 0.25) is 0 Å². The van der Waals surface area contributed by atoms with E-state index in [1.54, 1.807) is 0 Å². The predicted octanol–water partition coefficient (Wildman–Crippen LogP) is -0.235. The molecular formula is C5H10BNO2. The number of rotatable bonds is 3. The van der Waals surface area contributed by atoms with E-state index in [4.69, 9.17) is 18.7 Å². The molecule has 4 heteroatoms. The van der Waals surface area contributed by atoms with Gasteiger partial charge in [0.1, 0.15) is 5.54 Å². The second kappa shape index (κ2) is 2.87. The molecule has 0 bridgehead atoms. The van der Waals surface area contributed by atoms with Crippen molar-refractivity contribution in [3.8, 4) is 0 Å². The summed E-state index contributed by atoms with van der Waals surface area (Å²) in [5, 5.41) is 8.39. The molecule has 9 heavy (non-hydrogen) atoms. The number of hydrogen-bond donors (Lipinski definition) is 2. The molecule has 0 aromatic carbocycles. The summed E-state index contributed by atoms with van der Waals surface area (Å²) in [7, 11) is 5.11. The third-order valence-electron chi connectivity index (χ3n) is 1.15. The summed E-state index contributed by atoms with van der Waals surface area (Å²) in [5.41, 5.74) is 4.13. The summed E-state index contributed by atoms with van der Waals surface area (Å²) < 4.78 is 0. The molecule has 1 atom stereocenters. The van der Waals surface area contributed by atoms with Crippen molar-refractivity contribution in [3.63, 3.8) is 0 Å². The first-order chi connectivity index (χ1) is 4.00. The Hall–Kier alpha value is -0.505. The zero-order valence-electron chi connectivity index (χ0n) is 5.42. The van der Waals surface area contributed by atoms with Gasteiger partial charge in [-0.3, -0.25) is 4.79 Å². The van der Waals surface area contributed by atoms with Crippen molar-refractivity contribution in [2.75, 3.05) is 0 Å². The van der Waals surface area contributed by atoms with E-state index in [-0.39, 0.29) is 0 Å². The first-order valence-electron chi connectivity index (χ1n) is 2.73. The van der Waals surface area contributed by atoms with Crippen LogP contribution in [0.15, 0.2) is 0 Å². The highest BCUT2D eigenvalue weighted by atomic mass is 16.4. The molecule has 1 unspecified atom stereocenters. The Kier molecular flexibility index (Phi) is 2.71. The average molecular weight is 127 g/mol. The van der Waals surface area contributed by atoms with Crippen LogP contribution in [0.1, 0.15) is 13.3 Å². The normalized spacial score (nSPS) is 16.7. The highest BCUT2D eigenvalue weighted by Gasteiger charge is 2.25. The van der Waals surface area contributed by atoms with Crippen molar-refractivity contribution >= 4 is 13.8 Å². The van der Waals surface area contributed by atoms with E-state index >= 15 is 0 Å². The minimum absolute atomic E-state index is 0.305. The number of nitrogens with two attached hydrogens (primary N) is 1. The van der Waals surface area contributed by atoms with Crippen molar-refractivity contribution in [1.29, 1.82) is 0 Å². The quantitative estimate of drug-likeness (QED) is 0.514. The van der Waals surface area contributed by atoms with Gasteiger partial charge in [0.15, 0.2) is 0 Å². The summed E-state index contributed by atoms with van der Waals surface area (Å²) in [5.74, 6) is -1.01. The smallest absolute Gasteiger partial charge is 0.323 e. The van der Waals surface area contributed by atoms with Gasteiger partial charge < -0.3 is 10.8 Å². The molecule has 50 valence electrons. The molecule has 0 spiro atoms. The van der Waals surface area contributed by atoms with Gasteiger partial charge >= 0.3 is 5.97 Å². The van der Waals surface area contributed by atoms with Crippen LogP contribution < -0.4 is 5.73 Å². The van der Waals surface area contributed by atoms with Gasteiger partial charge in [0, 0.05) is 0 Å². The second-order valence-electron chi connectivity index (χ2n) is 2.26. The third-order valence-corrected chi connectivity index (χ3v) is 1.15. The molecule has 3 nitrogen and oxygen atoms in total. The number of carboxylic acids is 1. The molecule has 2 radical (unpaired) electrons. The lowest BCUT2D eigenvalue weighted by Gasteiger charge is -2.17. The zero-order chi connectivity index (χ0) is 7.49. The molecule has 3 N–H and O–H groups in total. The molecular weight excluding hydrogens is 117 g/mol.